The third kappa shape index (κ3) is 4.47. The molecule has 2 rings (SSSR count). The van der Waals surface area contributed by atoms with E-state index in [-0.39, 0.29) is 18.4 Å². The summed E-state index contributed by atoms with van der Waals surface area (Å²) < 4.78 is 5.38. The van der Waals surface area contributed by atoms with Crippen LogP contribution in [0, 0.1) is 0 Å². The fourth-order valence-electron chi connectivity index (χ4n) is 1.91. The number of para-hydroxylation sites is 2. The van der Waals surface area contributed by atoms with Gasteiger partial charge in [-0.15, -0.1) is 0 Å². The molecule has 0 aliphatic heterocycles. The molecule has 2 aromatic rings. The van der Waals surface area contributed by atoms with Gasteiger partial charge in [0.1, 0.15) is 5.75 Å². The zero-order valence-corrected chi connectivity index (χ0v) is 13.6. The zero-order valence-electron chi connectivity index (χ0n) is 12.9. The van der Waals surface area contributed by atoms with Crippen LogP contribution in [0.15, 0.2) is 48.5 Å². The minimum atomic E-state index is -0.371. The number of rotatable bonds is 5. The highest BCUT2D eigenvalue weighted by Gasteiger charge is 2.15. The Kier molecular flexibility index (Phi) is 5.60. The van der Waals surface area contributed by atoms with Crippen molar-refractivity contribution in [3.05, 3.63) is 59.1 Å². The molecule has 2 aromatic carbocycles. The van der Waals surface area contributed by atoms with Crippen LogP contribution in [0.25, 0.3) is 0 Å². The van der Waals surface area contributed by atoms with Crippen molar-refractivity contribution in [2.24, 2.45) is 0 Å². The molecule has 0 aromatic heterocycles. The third-order valence-electron chi connectivity index (χ3n) is 3.03. The van der Waals surface area contributed by atoms with Crippen molar-refractivity contribution >= 4 is 29.1 Å². The Morgan fingerprint density at radius 1 is 1.09 bits per heavy atom. The van der Waals surface area contributed by atoms with Crippen LogP contribution in [0.1, 0.15) is 10.4 Å². The number of carbonyl (C=O) groups is 2. The lowest BCUT2D eigenvalue weighted by Crippen LogP contribution is -2.25. The Balaban J connectivity index is 2.04. The lowest BCUT2D eigenvalue weighted by molar-refractivity contribution is -0.118. The summed E-state index contributed by atoms with van der Waals surface area (Å²) in [5.41, 5.74) is 0.863. The Morgan fingerprint density at radius 3 is 2.43 bits per heavy atom. The van der Waals surface area contributed by atoms with Crippen LogP contribution in [0.3, 0.4) is 0 Å². The van der Waals surface area contributed by atoms with E-state index in [0.717, 1.165) is 0 Å². The molecule has 23 heavy (non-hydrogen) atoms. The Morgan fingerprint density at radius 2 is 1.74 bits per heavy atom. The van der Waals surface area contributed by atoms with Gasteiger partial charge in [-0.25, -0.2) is 0 Å². The van der Waals surface area contributed by atoms with Gasteiger partial charge >= 0.3 is 0 Å². The average Bonchev–Trinajstić information content (AvgIpc) is 2.54. The first-order valence-electron chi connectivity index (χ1n) is 6.97. The standard InChI is InChI=1S/C17H17ClN2O3/c1-20(2)17(22)12-7-3-5-9-14(12)19-16(21)11-23-15-10-6-4-8-13(15)18/h3-10H,11H2,1-2H3,(H,19,21). The van der Waals surface area contributed by atoms with E-state index in [1.807, 2.05) is 0 Å². The van der Waals surface area contributed by atoms with E-state index in [4.69, 9.17) is 16.3 Å². The van der Waals surface area contributed by atoms with Crippen molar-refractivity contribution in [3.8, 4) is 5.75 Å². The Labute approximate surface area is 139 Å². The predicted molar refractivity (Wildman–Crippen MR) is 90.0 cm³/mol. The zero-order chi connectivity index (χ0) is 16.8. The van der Waals surface area contributed by atoms with Crippen molar-refractivity contribution in [1.82, 2.24) is 4.90 Å². The van der Waals surface area contributed by atoms with E-state index >= 15 is 0 Å². The van der Waals surface area contributed by atoms with Crippen LogP contribution in [-0.4, -0.2) is 37.4 Å². The minimum Gasteiger partial charge on any atom is -0.482 e. The van der Waals surface area contributed by atoms with Gasteiger partial charge in [0.05, 0.1) is 16.3 Å². The molecule has 2 amide bonds. The summed E-state index contributed by atoms with van der Waals surface area (Å²) in [6.07, 6.45) is 0. The number of hydrogen-bond acceptors (Lipinski definition) is 3. The van der Waals surface area contributed by atoms with E-state index in [2.05, 4.69) is 5.32 Å². The van der Waals surface area contributed by atoms with Gasteiger partial charge in [-0.2, -0.15) is 0 Å². The molecular formula is C17H17ClN2O3. The van der Waals surface area contributed by atoms with Gasteiger partial charge in [0.25, 0.3) is 11.8 Å². The maximum Gasteiger partial charge on any atom is 0.262 e. The third-order valence-corrected chi connectivity index (χ3v) is 3.35. The molecular weight excluding hydrogens is 316 g/mol. The smallest absolute Gasteiger partial charge is 0.262 e. The molecule has 0 radical (unpaired) electrons. The van der Waals surface area contributed by atoms with Crippen molar-refractivity contribution in [1.29, 1.82) is 0 Å². The van der Waals surface area contributed by atoms with Gasteiger partial charge in [0, 0.05) is 14.1 Å². The summed E-state index contributed by atoms with van der Waals surface area (Å²) in [5, 5.41) is 3.12. The topological polar surface area (TPSA) is 58.6 Å². The monoisotopic (exact) mass is 332 g/mol. The Hall–Kier alpha value is -2.53. The maximum atomic E-state index is 12.1. The molecule has 0 atom stereocenters. The minimum absolute atomic E-state index is 0.187. The lowest BCUT2D eigenvalue weighted by atomic mass is 10.1. The predicted octanol–water partition coefficient (Wildman–Crippen LogP) is 3.06. The maximum absolute atomic E-state index is 12.1. The quantitative estimate of drug-likeness (QED) is 0.915. The van der Waals surface area contributed by atoms with E-state index in [1.54, 1.807) is 62.6 Å². The molecule has 0 bridgehead atoms. The number of nitrogens with one attached hydrogen (secondary N) is 1. The second-order valence-electron chi connectivity index (χ2n) is 5.01. The van der Waals surface area contributed by atoms with Gasteiger partial charge in [0.15, 0.2) is 6.61 Å². The fourth-order valence-corrected chi connectivity index (χ4v) is 2.10. The second kappa shape index (κ2) is 7.65. The summed E-state index contributed by atoms with van der Waals surface area (Å²) in [4.78, 5) is 25.6. The first kappa shape index (κ1) is 16.8. The number of halogens is 1. The number of benzene rings is 2. The van der Waals surface area contributed by atoms with E-state index in [0.29, 0.717) is 22.0 Å². The molecule has 0 fully saturated rings. The molecule has 0 saturated carbocycles. The largest absolute Gasteiger partial charge is 0.482 e. The molecule has 0 aliphatic rings. The molecule has 5 nitrogen and oxygen atoms in total. The van der Waals surface area contributed by atoms with Crippen molar-refractivity contribution < 1.29 is 14.3 Å². The van der Waals surface area contributed by atoms with Crippen LogP contribution in [0.5, 0.6) is 5.75 Å². The van der Waals surface area contributed by atoms with Gasteiger partial charge in [-0.3, -0.25) is 9.59 Å². The molecule has 0 saturated heterocycles. The van der Waals surface area contributed by atoms with Crippen LogP contribution in [0.4, 0.5) is 5.69 Å². The second-order valence-corrected chi connectivity index (χ2v) is 5.42. The van der Waals surface area contributed by atoms with E-state index < -0.39 is 0 Å². The van der Waals surface area contributed by atoms with Crippen LogP contribution >= 0.6 is 11.6 Å². The number of anilines is 1. The van der Waals surface area contributed by atoms with Crippen LogP contribution < -0.4 is 10.1 Å². The summed E-state index contributed by atoms with van der Waals surface area (Å²) >= 11 is 5.96. The van der Waals surface area contributed by atoms with Crippen molar-refractivity contribution in [2.45, 2.75) is 0 Å². The lowest BCUT2D eigenvalue weighted by Gasteiger charge is -2.15. The molecule has 0 aliphatic carbocycles. The SMILES string of the molecule is CN(C)C(=O)c1ccccc1NC(=O)COc1ccccc1Cl. The number of carbonyl (C=O) groups excluding carboxylic acids is 2. The first-order chi connectivity index (χ1) is 11.0. The highest BCUT2D eigenvalue weighted by molar-refractivity contribution is 6.32. The summed E-state index contributed by atoms with van der Waals surface area (Å²) in [5.74, 6) is -0.126. The molecule has 1 N–H and O–H groups in total. The highest BCUT2D eigenvalue weighted by atomic mass is 35.5. The first-order valence-corrected chi connectivity index (χ1v) is 7.34. The van der Waals surface area contributed by atoms with Crippen LogP contribution in [-0.2, 0) is 4.79 Å². The molecule has 0 heterocycles. The number of ether oxygens (including phenoxy) is 1. The Bertz CT molecular complexity index is 716. The summed E-state index contributed by atoms with van der Waals surface area (Å²) in [6, 6.07) is 13.7. The van der Waals surface area contributed by atoms with Crippen molar-refractivity contribution in [2.75, 3.05) is 26.0 Å². The normalized spacial score (nSPS) is 10.0. The van der Waals surface area contributed by atoms with Crippen LogP contribution in [0.2, 0.25) is 5.02 Å². The highest BCUT2D eigenvalue weighted by Crippen LogP contribution is 2.23. The fraction of sp³-hybridized carbons (Fsp3) is 0.176. The molecule has 120 valence electrons. The van der Waals surface area contributed by atoms with E-state index in [1.165, 1.54) is 4.90 Å². The molecule has 0 unspecified atom stereocenters. The van der Waals surface area contributed by atoms with Gasteiger partial charge < -0.3 is 15.0 Å². The van der Waals surface area contributed by atoms with Gasteiger partial charge in [-0.05, 0) is 24.3 Å². The number of hydrogen-bond donors (Lipinski definition) is 1. The number of nitrogens with zero attached hydrogens (tertiary/aromatic N) is 1. The number of amides is 2. The van der Waals surface area contributed by atoms with Crippen molar-refractivity contribution in [3.63, 3.8) is 0 Å². The summed E-state index contributed by atoms with van der Waals surface area (Å²) in [7, 11) is 3.31. The van der Waals surface area contributed by atoms with Gasteiger partial charge in [0.2, 0.25) is 0 Å². The molecule has 6 heteroatoms. The summed E-state index contributed by atoms with van der Waals surface area (Å²) in [6.45, 7) is -0.200. The average molecular weight is 333 g/mol. The van der Waals surface area contributed by atoms with Gasteiger partial charge in [-0.1, -0.05) is 35.9 Å². The molecule has 0 spiro atoms. The van der Waals surface area contributed by atoms with E-state index in [9.17, 15) is 9.59 Å².